The zero-order valence-corrected chi connectivity index (χ0v) is 26.5. The van der Waals surface area contributed by atoms with Crippen molar-refractivity contribution >= 4 is 46.2 Å². The Hall–Kier alpha value is -3.95. The first kappa shape index (κ1) is 26.5. The second-order valence-electron chi connectivity index (χ2n) is 13.7. The number of benzene rings is 5. The highest BCUT2D eigenvalue weighted by atomic mass is 32.2. The molecule has 0 aromatic heterocycles. The fraction of sp³-hybridized carbons (Fsp3) is 0.220. The first-order valence-corrected chi connectivity index (χ1v) is 17.0. The number of hydrogen-bond acceptors (Lipinski definition) is 2. The number of fused-ring (bicyclic) bond motifs is 5. The summed E-state index contributed by atoms with van der Waals surface area (Å²) in [6.45, 7) is 7.57. The van der Waals surface area contributed by atoms with E-state index >= 15 is 0 Å². The van der Waals surface area contributed by atoms with E-state index in [1.807, 2.05) is 11.8 Å². The summed E-state index contributed by atoms with van der Waals surface area (Å²) >= 11 is 2.00. The van der Waals surface area contributed by atoms with Crippen LogP contribution in [0.1, 0.15) is 74.3 Å². The van der Waals surface area contributed by atoms with Crippen LogP contribution in [-0.4, -0.2) is 6.71 Å². The first-order chi connectivity index (χ1) is 21.5. The fourth-order valence-electron chi connectivity index (χ4n) is 8.90. The molecule has 4 aliphatic rings. The van der Waals surface area contributed by atoms with E-state index in [2.05, 4.69) is 141 Å². The smallest absolute Gasteiger partial charge is 0.242 e. The van der Waals surface area contributed by atoms with Crippen molar-refractivity contribution < 1.29 is 0 Å². The predicted molar refractivity (Wildman–Crippen MR) is 188 cm³/mol. The molecule has 0 radical (unpaired) electrons. The Morgan fingerprint density at radius 1 is 0.636 bits per heavy atom. The minimum absolute atomic E-state index is 0.134. The van der Waals surface area contributed by atoms with Gasteiger partial charge in [0.25, 0.3) is 0 Å². The molecule has 0 amide bonds. The molecule has 0 spiro atoms. The van der Waals surface area contributed by atoms with Gasteiger partial charge in [0, 0.05) is 32.0 Å². The average Bonchev–Trinajstić information content (AvgIpc) is 3.07. The minimum atomic E-state index is -0.216. The summed E-state index contributed by atoms with van der Waals surface area (Å²) in [5, 5.41) is 0. The number of thioether (sulfide) groups is 1. The Morgan fingerprint density at radius 2 is 1.34 bits per heavy atom. The molecule has 0 saturated heterocycles. The number of allylic oxidation sites excluding steroid dienone is 2. The molecule has 1 atom stereocenters. The van der Waals surface area contributed by atoms with Crippen LogP contribution in [-0.2, 0) is 10.8 Å². The Kier molecular flexibility index (Phi) is 5.73. The summed E-state index contributed by atoms with van der Waals surface area (Å²) in [6, 6.07) is 44.0. The van der Waals surface area contributed by atoms with Gasteiger partial charge in [0.1, 0.15) is 0 Å². The van der Waals surface area contributed by atoms with Crippen LogP contribution in [0.2, 0.25) is 0 Å². The second kappa shape index (κ2) is 9.53. The van der Waals surface area contributed by atoms with Crippen LogP contribution in [0, 0.1) is 0 Å². The van der Waals surface area contributed by atoms with E-state index in [0.29, 0.717) is 0 Å². The van der Waals surface area contributed by atoms with E-state index in [4.69, 9.17) is 0 Å². The van der Waals surface area contributed by atoms with Gasteiger partial charge in [-0.05, 0) is 84.7 Å². The molecule has 1 aliphatic carbocycles. The summed E-state index contributed by atoms with van der Waals surface area (Å²) < 4.78 is 0. The Labute approximate surface area is 266 Å². The SMILES string of the molecule is CC1(C)c2cc(N3C4=C(CCCC4)Sc4ccccc43)ccc2B2c3ccccc3C(C)(c3ccccc3)c3cccc1c32. The van der Waals surface area contributed by atoms with E-state index in [9.17, 15) is 0 Å². The number of para-hydroxylation sites is 1. The molecule has 1 nitrogen and oxygen atoms in total. The molecule has 3 heteroatoms. The van der Waals surface area contributed by atoms with Gasteiger partial charge in [0.15, 0.2) is 0 Å². The third-order valence-electron chi connectivity index (χ3n) is 11.0. The summed E-state index contributed by atoms with van der Waals surface area (Å²) in [4.78, 5) is 5.54. The molecule has 3 aliphatic heterocycles. The largest absolute Gasteiger partial charge is 0.312 e. The van der Waals surface area contributed by atoms with Gasteiger partial charge in [-0.25, -0.2) is 0 Å². The fourth-order valence-corrected chi connectivity index (χ4v) is 10.1. The Bertz CT molecular complexity index is 2010. The molecule has 9 rings (SSSR count). The maximum atomic E-state index is 2.60. The van der Waals surface area contributed by atoms with Crippen LogP contribution in [0.25, 0.3) is 0 Å². The summed E-state index contributed by atoms with van der Waals surface area (Å²) in [5.41, 5.74) is 15.4. The third-order valence-corrected chi connectivity index (χ3v) is 12.3. The van der Waals surface area contributed by atoms with Crippen LogP contribution in [0.3, 0.4) is 0 Å². The third kappa shape index (κ3) is 3.51. The Balaban J connectivity index is 1.29. The maximum Gasteiger partial charge on any atom is 0.242 e. The molecule has 44 heavy (non-hydrogen) atoms. The van der Waals surface area contributed by atoms with E-state index < -0.39 is 0 Å². The van der Waals surface area contributed by atoms with Gasteiger partial charge in [0.05, 0.1) is 5.69 Å². The summed E-state index contributed by atoms with van der Waals surface area (Å²) in [7, 11) is 0. The molecule has 1 unspecified atom stereocenters. The van der Waals surface area contributed by atoms with Gasteiger partial charge in [-0.2, -0.15) is 0 Å². The standard InChI is InChI=1S/C41H36BNS/c1-40(2)30-17-13-18-31-39(30)42(33-19-8-7-16-29(33)41(31,3)27-14-5-4-6-15-27)34-25-24-28(26-32(34)40)43-35-20-9-11-22-37(35)44-38-23-12-10-21-36(38)43/h4-9,11,13-20,22,24-26H,10,12,21,23H2,1-3H3. The van der Waals surface area contributed by atoms with Crippen LogP contribution < -0.4 is 21.3 Å². The molecular formula is C41H36BNS. The van der Waals surface area contributed by atoms with E-state index in [1.165, 1.54) is 85.4 Å². The van der Waals surface area contributed by atoms with Crippen LogP contribution >= 0.6 is 11.8 Å². The zero-order chi connectivity index (χ0) is 29.6. The minimum Gasteiger partial charge on any atom is -0.312 e. The van der Waals surface area contributed by atoms with Gasteiger partial charge in [-0.3, -0.25) is 0 Å². The molecule has 214 valence electrons. The van der Waals surface area contributed by atoms with Crippen LogP contribution in [0.4, 0.5) is 11.4 Å². The number of hydrogen-bond donors (Lipinski definition) is 0. The second-order valence-corrected chi connectivity index (χ2v) is 14.8. The quantitative estimate of drug-likeness (QED) is 0.191. The monoisotopic (exact) mass is 585 g/mol. The number of nitrogens with zero attached hydrogens (tertiary/aromatic N) is 1. The number of anilines is 2. The highest BCUT2D eigenvalue weighted by Gasteiger charge is 2.50. The highest BCUT2D eigenvalue weighted by Crippen LogP contribution is 2.52. The van der Waals surface area contributed by atoms with Gasteiger partial charge >= 0.3 is 0 Å². The maximum absolute atomic E-state index is 2.60. The lowest BCUT2D eigenvalue weighted by Crippen LogP contribution is -2.66. The van der Waals surface area contributed by atoms with E-state index in [1.54, 1.807) is 4.91 Å². The van der Waals surface area contributed by atoms with Crippen LogP contribution in [0.5, 0.6) is 0 Å². The summed E-state index contributed by atoms with van der Waals surface area (Å²) in [6.07, 6.45) is 4.90. The van der Waals surface area contributed by atoms with Crippen molar-refractivity contribution in [1.29, 1.82) is 0 Å². The van der Waals surface area contributed by atoms with Crippen molar-refractivity contribution in [3.8, 4) is 0 Å². The van der Waals surface area contributed by atoms with Crippen molar-refractivity contribution in [1.82, 2.24) is 0 Å². The van der Waals surface area contributed by atoms with Crippen molar-refractivity contribution in [3.05, 3.63) is 154 Å². The Morgan fingerprint density at radius 3 is 2.23 bits per heavy atom. The predicted octanol–water partition coefficient (Wildman–Crippen LogP) is 8.54. The van der Waals surface area contributed by atoms with Gasteiger partial charge in [-0.15, -0.1) is 0 Å². The molecule has 0 N–H and O–H groups in total. The van der Waals surface area contributed by atoms with Crippen molar-refractivity contribution in [2.45, 2.75) is 62.2 Å². The molecule has 0 bridgehead atoms. The van der Waals surface area contributed by atoms with Gasteiger partial charge in [-0.1, -0.05) is 133 Å². The van der Waals surface area contributed by atoms with Crippen molar-refractivity contribution in [2.75, 3.05) is 4.90 Å². The highest BCUT2D eigenvalue weighted by molar-refractivity contribution is 8.03. The first-order valence-electron chi connectivity index (χ1n) is 16.2. The molecule has 0 fully saturated rings. The zero-order valence-electron chi connectivity index (χ0n) is 25.7. The number of rotatable bonds is 2. The lowest BCUT2D eigenvalue weighted by Gasteiger charge is -2.48. The topological polar surface area (TPSA) is 3.24 Å². The van der Waals surface area contributed by atoms with Crippen LogP contribution in [0.15, 0.2) is 131 Å². The molecule has 5 aromatic rings. The lowest BCUT2D eigenvalue weighted by atomic mass is 9.27. The normalized spacial score (nSPS) is 20.7. The van der Waals surface area contributed by atoms with Crippen molar-refractivity contribution in [2.24, 2.45) is 0 Å². The van der Waals surface area contributed by atoms with E-state index in [-0.39, 0.29) is 17.5 Å². The molecule has 5 aromatic carbocycles. The van der Waals surface area contributed by atoms with Crippen molar-refractivity contribution in [3.63, 3.8) is 0 Å². The average molecular weight is 586 g/mol. The summed E-state index contributed by atoms with van der Waals surface area (Å²) in [5.74, 6) is 0. The molecule has 3 heterocycles. The van der Waals surface area contributed by atoms with E-state index in [0.717, 1.165) is 6.42 Å². The van der Waals surface area contributed by atoms with Gasteiger partial charge in [0.2, 0.25) is 6.71 Å². The van der Waals surface area contributed by atoms with Gasteiger partial charge < -0.3 is 4.90 Å². The molecular weight excluding hydrogens is 549 g/mol. The molecule has 0 saturated carbocycles. The lowest BCUT2D eigenvalue weighted by molar-refractivity contribution is 0.635.